The largest absolute Gasteiger partial charge is 0.437 e. The van der Waals surface area contributed by atoms with Crippen molar-refractivity contribution < 1.29 is 31.3 Å². The van der Waals surface area contributed by atoms with Crippen LogP contribution in [0.3, 0.4) is 0 Å². The molecular weight excluding hydrogens is 500 g/mol. The molecule has 190 valence electrons. The van der Waals surface area contributed by atoms with Crippen LogP contribution in [-0.4, -0.2) is 26.6 Å². The molecule has 1 saturated carbocycles. The highest BCUT2D eigenvalue weighted by Gasteiger charge is 2.38. The summed E-state index contributed by atoms with van der Waals surface area (Å²) in [5.41, 5.74) is -1.68. The average Bonchev–Trinajstić information content (AvgIpc) is 3.61. The summed E-state index contributed by atoms with van der Waals surface area (Å²) in [5.74, 6) is -1.89. The van der Waals surface area contributed by atoms with Gasteiger partial charge in [0, 0.05) is 22.4 Å². The van der Waals surface area contributed by atoms with E-state index in [-0.39, 0.29) is 27.8 Å². The molecule has 1 unspecified atom stereocenters. The Hall–Kier alpha value is -3.54. The van der Waals surface area contributed by atoms with Gasteiger partial charge in [-0.1, -0.05) is 12.1 Å². The number of aromatic nitrogens is 2. The molecule has 0 bridgehead atoms. The SMILES string of the molecule is Cc1c(Oc2nnc(C(F)(F)F)c(C)c2C(=O)Nc2cccc(S(C)(=N)=O)c2)ccc(C2CC2)c1F. The number of ether oxygens (including phenoxy) is 1. The number of amides is 1. The summed E-state index contributed by atoms with van der Waals surface area (Å²) in [5, 5.41) is 9.16. The highest BCUT2D eigenvalue weighted by atomic mass is 32.2. The van der Waals surface area contributed by atoms with Crippen molar-refractivity contribution in [2.45, 2.75) is 43.7 Å². The maximum absolute atomic E-state index is 14.9. The van der Waals surface area contributed by atoms with Crippen LogP contribution in [0.5, 0.6) is 11.6 Å². The van der Waals surface area contributed by atoms with Gasteiger partial charge >= 0.3 is 6.18 Å². The second kappa shape index (κ2) is 9.16. The minimum Gasteiger partial charge on any atom is -0.437 e. The van der Waals surface area contributed by atoms with Crippen molar-refractivity contribution in [2.24, 2.45) is 0 Å². The predicted molar refractivity (Wildman–Crippen MR) is 124 cm³/mol. The lowest BCUT2D eigenvalue weighted by atomic mass is 10.1. The Morgan fingerprint density at radius 1 is 1.14 bits per heavy atom. The van der Waals surface area contributed by atoms with Gasteiger partial charge < -0.3 is 10.1 Å². The van der Waals surface area contributed by atoms with Crippen LogP contribution in [0.1, 0.15) is 51.5 Å². The molecule has 0 saturated heterocycles. The molecule has 0 spiro atoms. The number of hydrogen-bond acceptors (Lipinski definition) is 6. The molecular formula is C24H22F4N4O3S. The van der Waals surface area contributed by atoms with E-state index in [0.29, 0.717) is 5.56 Å². The van der Waals surface area contributed by atoms with E-state index in [1.54, 1.807) is 6.07 Å². The van der Waals surface area contributed by atoms with Crippen LogP contribution in [0.25, 0.3) is 0 Å². The standard InChI is InChI=1S/C24H22F4N4O3S/c1-12-18(10-9-17(20(12)25)14-7-8-14)35-23-19(13(2)21(31-32-23)24(26,27)28)22(33)30-15-5-4-6-16(11-15)36(3,29)34/h4-6,9-11,14,29H,7-8H2,1-3H3,(H,30,33). The van der Waals surface area contributed by atoms with E-state index in [4.69, 9.17) is 9.52 Å². The third-order valence-electron chi connectivity index (χ3n) is 5.81. The normalized spacial score (nSPS) is 15.3. The Kier molecular flexibility index (Phi) is 6.50. The zero-order chi connectivity index (χ0) is 26.4. The highest BCUT2D eigenvalue weighted by Crippen LogP contribution is 2.43. The zero-order valence-electron chi connectivity index (χ0n) is 19.5. The van der Waals surface area contributed by atoms with E-state index in [9.17, 15) is 26.6 Å². The van der Waals surface area contributed by atoms with E-state index in [1.807, 2.05) is 0 Å². The summed E-state index contributed by atoms with van der Waals surface area (Å²) in [6.07, 6.45) is -1.95. The first kappa shape index (κ1) is 25.5. The number of carbonyl (C=O) groups is 1. The van der Waals surface area contributed by atoms with Crippen molar-refractivity contribution in [3.63, 3.8) is 0 Å². The fourth-order valence-corrected chi connectivity index (χ4v) is 4.42. The Morgan fingerprint density at radius 2 is 1.83 bits per heavy atom. The quantitative estimate of drug-likeness (QED) is 0.375. The topological polar surface area (TPSA) is 105 Å². The Bertz CT molecular complexity index is 1470. The van der Waals surface area contributed by atoms with Crippen molar-refractivity contribution >= 4 is 21.3 Å². The number of halogens is 4. The summed E-state index contributed by atoms with van der Waals surface area (Å²) in [6.45, 7) is 2.53. The smallest absolute Gasteiger partial charge is 0.435 e. The molecule has 1 aliphatic rings. The van der Waals surface area contributed by atoms with E-state index in [2.05, 4.69) is 15.5 Å². The van der Waals surface area contributed by atoms with Crippen molar-refractivity contribution in [3.05, 3.63) is 70.2 Å². The van der Waals surface area contributed by atoms with E-state index < -0.39 is 50.3 Å². The first-order chi connectivity index (χ1) is 16.8. The number of anilines is 1. The Morgan fingerprint density at radius 3 is 2.44 bits per heavy atom. The van der Waals surface area contributed by atoms with Crippen LogP contribution in [0.2, 0.25) is 0 Å². The number of alkyl halides is 3. The average molecular weight is 523 g/mol. The summed E-state index contributed by atoms with van der Waals surface area (Å²) >= 11 is 0. The summed E-state index contributed by atoms with van der Waals surface area (Å²) in [6, 6.07) is 8.64. The molecule has 4 rings (SSSR count). The number of rotatable bonds is 6. The maximum atomic E-state index is 14.9. The zero-order valence-corrected chi connectivity index (χ0v) is 20.3. The van der Waals surface area contributed by atoms with Crippen LogP contribution in [-0.2, 0) is 15.9 Å². The van der Waals surface area contributed by atoms with Crippen LogP contribution < -0.4 is 10.1 Å². The summed E-state index contributed by atoms with van der Waals surface area (Å²) < 4.78 is 80.8. The van der Waals surface area contributed by atoms with Gasteiger partial charge in [-0.2, -0.15) is 13.2 Å². The van der Waals surface area contributed by atoms with Gasteiger partial charge in [0.15, 0.2) is 5.69 Å². The van der Waals surface area contributed by atoms with Gasteiger partial charge in [-0.05, 0) is 68.0 Å². The van der Waals surface area contributed by atoms with Gasteiger partial charge in [-0.3, -0.25) is 4.79 Å². The van der Waals surface area contributed by atoms with Crippen LogP contribution >= 0.6 is 0 Å². The number of nitrogens with zero attached hydrogens (tertiary/aromatic N) is 2. The minimum absolute atomic E-state index is 0.0127. The summed E-state index contributed by atoms with van der Waals surface area (Å²) in [4.78, 5) is 13.3. The Labute approximate surface area is 204 Å². The van der Waals surface area contributed by atoms with Gasteiger partial charge in [0.05, 0.1) is 9.73 Å². The molecule has 7 nitrogen and oxygen atoms in total. The number of carbonyl (C=O) groups excluding carboxylic acids is 1. The molecule has 0 radical (unpaired) electrons. The van der Waals surface area contributed by atoms with E-state index >= 15 is 0 Å². The van der Waals surface area contributed by atoms with Crippen LogP contribution in [0, 0.1) is 24.4 Å². The van der Waals surface area contributed by atoms with Crippen molar-refractivity contribution in [3.8, 4) is 11.6 Å². The monoisotopic (exact) mass is 522 g/mol. The van der Waals surface area contributed by atoms with Crippen LogP contribution in [0.15, 0.2) is 41.3 Å². The van der Waals surface area contributed by atoms with Crippen LogP contribution in [0.4, 0.5) is 23.2 Å². The minimum atomic E-state index is -4.89. The van der Waals surface area contributed by atoms with E-state index in [1.165, 1.54) is 43.5 Å². The molecule has 1 fully saturated rings. The molecule has 0 aliphatic heterocycles. The van der Waals surface area contributed by atoms with Gasteiger partial charge in [0.1, 0.15) is 17.1 Å². The molecule has 1 atom stereocenters. The van der Waals surface area contributed by atoms with Gasteiger partial charge in [0.25, 0.3) is 11.8 Å². The molecule has 2 N–H and O–H groups in total. The first-order valence-corrected chi connectivity index (χ1v) is 12.8. The highest BCUT2D eigenvalue weighted by molar-refractivity contribution is 7.91. The molecule has 1 aliphatic carbocycles. The first-order valence-electron chi connectivity index (χ1n) is 10.8. The third kappa shape index (κ3) is 5.18. The number of hydrogen-bond donors (Lipinski definition) is 2. The fraction of sp³-hybridized carbons (Fsp3) is 0.292. The molecule has 36 heavy (non-hydrogen) atoms. The Balaban J connectivity index is 1.76. The lowest BCUT2D eigenvalue weighted by Gasteiger charge is -2.17. The third-order valence-corrected chi connectivity index (χ3v) is 6.97. The molecule has 2 aromatic carbocycles. The molecule has 3 aromatic rings. The molecule has 1 amide bonds. The molecule has 12 heteroatoms. The molecule has 1 aromatic heterocycles. The lowest BCUT2D eigenvalue weighted by molar-refractivity contribution is -0.142. The lowest BCUT2D eigenvalue weighted by Crippen LogP contribution is -2.21. The van der Waals surface area contributed by atoms with E-state index in [0.717, 1.165) is 19.8 Å². The van der Waals surface area contributed by atoms with Crippen molar-refractivity contribution in [1.82, 2.24) is 10.2 Å². The number of benzene rings is 2. The second-order valence-corrected chi connectivity index (χ2v) is 10.8. The fourth-order valence-electron chi connectivity index (χ4n) is 3.73. The predicted octanol–water partition coefficient (Wildman–Crippen LogP) is 6.21. The van der Waals surface area contributed by atoms with Gasteiger partial charge in [0.2, 0.25) is 0 Å². The summed E-state index contributed by atoms with van der Waals surface area (Å²) in [7, 11) is -3.11. The molecule has 1 heterocycles. The maximum Gasteiger partial charge on any atom is 0.435 e. The number of nitrogens with one attached hydrogen (secondary N) is 2. The van der Waals surface area contributed by atoms with Crippen molar-refractivity contribution in [1.29, 1.82) is 4.78 Å². The van der Waals surface area contributed by atoms with Gasteiger partial charge in [-0.15, -0.1) is 10.2 Å². The van der Waals surface area contributed by atoms with Gasteiger partial charge in [-0.25, -0.2) is 13.4 Å². The van der Waals surface area contributed by atoms with Crippen molar-refractivity contribution in [2.75, 3.05) is 11.6 Å². The second-order valence-electron chi connectivity index (χ2n) is 8.65.